The summed E-state index contributed by atoms with van der Waals surface area (Å²) >= 11 is 1.39. The smallest absolute Gasteiger partial charge is 0.230 e. The molecule has 7 heteroatoms. The van der Waals surface area contributed by atoms with Crippen molar-refractivity contribution in [3.05, 3.63) is 24.3 Å². The molecular weight excluding hydrogens is 312 g/mol. The SMILES string of the molecule is O=C(CSc1nc2ccccc2[nH]1)NCCCN1CCCC1=O. The molecule has 0 bridgehead atoms. The van der Waals surface area contributed by atoms with Crippen LogP contribution in [0.2, 0.25) is 0 Å². The molecule has 2 heterocycles. The molecule has 23 heavy (non-hydrogen) atoms. The van der Waals surface area contributed by atoms with Crippen LogP contribution in [0.5, 0.6) is 0 Å². The first-order chi connectivity index (χ1) is 11.2. The van der Waals surface area contributed by atoms with E-state index in [4.69, 9.17) is 0 Å². The second kappa shape index (κ2) is 7.50. The average Bonchev–Trinajstić information content (AvgIpc) is 3.15. The molecule has 3 rings (SSSR count). The summed E-state index contributed by atoms with van der Waals surface area (Å²) in [5.74, 6) is 0.558. The average molecular weight is 332 g/mol. The van der Waals surface area contributed by atoms with Crippen molar-refractivity contribution in [2.75, 3.05) is 25.4 Å². The van der Waals surface area contributed by atoms with Crippen molar-refractivity contribution >= 4 is 34.6 Å². The second-order valence-electron chi connectivity index (χ2n) is 5.54. The van der Waals surface area contributed by atoms with E-state index in [1.54, 1.807) is 0 Å². The summed E-state index contributed by atoms with van der Waals surface area (Å²) in [5, 5.41) is 3.64. The minimum absolute atomic E-state index is 0.0109. The predicted octanol–water partition coefficient (Wildman–Crippen LogP) is 1.78. The van der Waals surface area contributed by atoms with Crippen LogP contribution in [0.3, 0.4) is 0 Å². The van der Waals surface area contributed by atoms with Crippen LogP contribution in [-0.2, 0) is 9.59 Å². The monoisotopic (exact) mass is 332 g/mol. The molecule has 1 fully saturated rings. The first-order valence-electron chi connectivity index (χ1n) is 7.84. The van der Waals surface area contributed by atoms with Crippen molar-refractivity contribution in [1.82, 2.24) is 20.2 Å². The lowest BCUT2D eigenvalue weighted by molar-refractivity contribution is -0.127. The van der Waals surface area contributed by atoms with Gasteiger partial charge in [-0.15, -0.1) is 0 Å². The molecule has 1 aromatic heterocycles. The largest absolute Gasteiger partial charge is 0.355 e. The Hall–Kier alpha value is -2.02. The Morgan fingerprint density at radius 2 is 2.26 bits per heavy atom. The van der Waals surface area contributed by atoms with Crippen LogP contribution in [0, 0.1) is 0 Å². The van der Waals surface area contributed by atoms with Crippen LogP contribution < -0.4 is 5.32 Å². The number of para-hydroxylation sites is 2. The molecule has 2 amide bonds. The maximum absolute atomic E-state index is 11.8. The molecule has 6 nitrogen and oxygen atoms in total. The maximum atomic E-state index is 11.8. The number of fused-ring (bicyclic) bond motifs is 1. The summed E-state index contributed by atoms with van der Waals surface area (Å²) in [6.45, 7) is 2.19. The summed E-state index contributed by atoms with van der Waals surface area (Å²) in [7, 11) is 0. The van der Waals surface area contributed by atoms with Crippen LogP contribution in [0.25, 0.3) is 11.0 Å². The highest BCUT2D eigenvalue weighted by atomic mass is 32.2. The van der Waals surface area contributed by atoms with E-state index < -0.39 is 0 Å². The highest BCUT2D eigenvalue weighted by Crippen LogP contribution is 2.18. The van der Waals surface area contributed by atoms with E-state index in [1.165, 1.54) is 11.8 Å². The Bertz CT molecular complexity index is 667. The lowest BCUT2D eigenvalue weighted by Gasteiger charge is -2.15. The molecule has 0 aliphatic carbocycles. The first-order valence-corrected chi connectivity index (χ1v) is 8.83. The van der Waals surface area contributed by atoms with Gasteiger partial charge >= 0.3 is 0 Å². The number of benzene rings is 1. The number of aromatic amines is 1. The number of likely N-dealkylation sites (tertiary alicyclic amines) is 1. The van der Waals surface area contributed by atoms with Crippen molar-refractivity contribution in [3.8, 4) is 0 Å². The molecular formula is C16H20N4O2S. The zero-order valence-corrected chi connectivity index (χ0v) is 13.7. The molecule has 122 valence electrons. The topological polar surface area (TPSA) is 78.1 Å². The van der Waals surface area contributed by atoms with Crippen LogP contribution in [0.4, 0.5) is 0 Å². The van der Waals surface area contributed by atoms with Crippen LogP contribution >= 0.6 is 11.8 Å². The van der Waals surface area contributed by atoms with Gasteiger partial charge in [0.15, 0.2) is 5.16 Å². The van der Waals surface area contributed by atoms with E-state index >= 15 is 0 Å². The number of carbonyl (C=O) groups excluding carboxylic acids is 2. The van der Waals surface area contributed by atoms with Gasteiger partial charge in [-0.05, 0) is 25.0 Å². The number of hydrogen-bond acceptors (Lipinski definition) is 4. The van der Waals surface area contributed by atoms with Gasteiger partial charge in [0, 0.05) is 26.1 Å². The Kier molecular flexibility index (Phi) is 5.17. The molecule has 0 radical (unpaired) electrons. The number of H-pyrrole nitrogens is 1. The van der Waals surface area contributed by atoms with Gasteiger partial charge in [-0.2, -0.15) is 0 Å². The molecule has 0 atom stereocenters. The van der Waals surface area contributed by atoms with E-state index in [-0.39, 0.29) is 11.8 Å². The van der Waals surface area contributed by atoms with Gasteiger partial charge in [0.2, 0.25) is 11.8 Å². The number of aromatic nitrogens is 2. The van der Waals surface area contributed by atoms with Gasteiger partial charge < -0.3 is 15.2 Å². The fraction of sp³-hybridized carbons (Fsp3) is 0.438. The minimum atomic E-state index is -0.0109. The van der Waals surface area contributed by atoms with Crippen LogP contribution in [0.1, 0.15) is 19.3 Å². The minimum Gasteiger partial charge on any atom is -0.355 e. The van der Waals surface area contributed by atoms with Crippen LogP contribution in [0.15, 0.2) is 29.4 Å². The number of amides is 2. The summed E-state index contributed by atoms with van der Waals surface area (Å²) in [6, 6.07) is 7.80. The Morgan fingerprint density at radius 1 is 1.39 bits per heavy atom. The number of imidazole rings is 1. The van der Waals surface area contributed by atoms with Gasteiger partial charge in [-0.3, -0.25) is 9.59 Å². The van der Waals surface area contributed by atoms with Crippen molar-refractivity contribution in [3.63, 3.8) is 0 Å². The lowest BCUT2D eigenvalue weighted by atomic mass is 10.3. The highest BCUT2D eigenvalue weighted by molar-refractivity contribution is 7.99. The van der Waals surface area contributed by atoms with Gasteiger partial charge in [0.25, 0.3) is 0 Å². The third kappa shape index (κ3) is 4.25. The van der Waals surface area contributed by atoms with Crippen LogP contribution in [-0.4, -0.2) is 52.1 Å². The Balaban J connectivity index is 1.35. The van der Waals surface area contributed by atoms with E-state index in [2.05, 4.69) is 15.3 Å². The zero-order valence-electron chi connectivity index (χ0n) is 12.9. The number of rotatable bonds is 7. The zero-order chi connectivity index (χ0) is 16.1. The summed E-state index contributed by atoms with van der Waals surface area (Å²) in [4.78, 5) is 32.8. The molecule has 1 saturated heterocycles. The molecule has 1 aliphatic rings. The maximum Gasteiger partial charge on any atom is 0.230 e. The first kappa shape index (κ1) is 15.9. The molecule has 2 aromatic rings. The summed E-state index contributed by atoms with van der Waals surface area (Å²) in [6.07, 6.45) is 2.42. The van der Waals surface area contributed by atoms with Gasteiger partial charge in [-0.25, -0.2) is 4.98 Å². The predicted molar refractivity (Wildman–Crippen MR) is 90.3 cm³/mol. The van der Waals surface area contributed by atoms with Crippen molar-refractivity contribution in [2.24, 2.45) is 0 Å². The Morgan fingerprint density at radius 3 is 3.04 bits per heavy atom. The van der Waals surface area contributed by atoms with E-state index in [0.717, 1.165) is 42.1 Å². The van der Waals surface area contributed by atoms with Gasteiger partial charge in [0.1, 0.15) is 0 Å². The summed E-state index contributed by atoms with van der Waals surface area (Å²) < 4.78 is 0. The number of carbonyl (C=O) groups is 2. The fourth-order valence-corrected chi connectivity index (χ4v) is 3.34. The quantitative estimate of drug-likeness (QED) is 0.598. The molecule has 0 saturated carbocycles. The number of hydrogen-bond donors (Lipinski definition) is 2. The standard InChI is InChI=1S/C16H20N4O2S/c21-14(17-8-4-10-20-9-3-7-15(20)22)11-23-16-18-12-5-1-2-6-13(12)19-16/h1-2,5-6H,3-4,7-11H2,(H,17,21)(H,18,19). The lowest BCUT2D eigenvalue weighted by Crippen LogP contribution is -2.31. The number of nitrogens with one attached hydrogen (secondary N) is 2. The number of thioether (sulfide) groups is 1. The van der Waals surface area contributed by atoms with Crippen molar-refractivity contribution in [1.29, 1.82) is 0 Å². The third-order valence-corrected chi connectivity index (χ3v) is 4.68. The highest BCUT2D eigenvalue weighted by Gasteiger charge is 2.19. The van der Waals surface area contributed by atoms with Gasteiger partial charge in [-0.1, -0.05) is 23.9 Å². The molecule has 0 spiro atoms. The van der Waals surface area contributed by atoms with E-state index in [1.807, 2.05) is 29.2 Å². The van der Waals surface area contributed by atoms with Gasteiger partial charge in [0.05, 0.1) is 16.8 Å². The normalized spacial score (nSPS) is 14.6. The molecule has 0 unspecified atom stereocenters. The molecule has 1 aromatic carbocycles. The third-order valence-electron chi connectivity index (χ3n) is 3.81. The van der Waals surface area contributed by atoms with Crippen molar-refractivity contribution in [2.45, 2.75) is 24.4 Å². The fourth-order valence-electron chi connectivity index (χ4n) is 2.62. The molecule has 2 N–H and O–H groups in total. The number of nitrogens with zero attached hydrogens (tertiary/aromatic N) is 2. The van der Waals surface area contributed by atoms with E-state index in [0.29, 0.717) is 18.7 Å². The summed E-state index contributed by atoms with van der Waals surface area (Å²) in [5.41, 5.74) is 1.89. The Labute approximate surface area is 139 Å². The van der Waals surface area contributed by atoms with Crippen molar-refractivity contribution < 1.29 is 9.59 Å². The van der Waals surface area contributed by atoms with E-state index in [9.17, 15) is 9.59 Å². The molecule has 1 aliphatic heterocycles. The second-order valence-corrected chi connectivity index (χ2v) is 6.50.